The molecule has 6 heteroatoms. The average molecular weight is 442 g/mol. The van der Waals surface area contributed by atoms with E-state index in [0.717, 1.165) is 47.4 Å². The van der Waals surface area contributed by atoms with Gasteiger partial charge in [-0.05, 0) is 79.9 Å². The third-order valence-corrected chi connectivity index (χ3v) is 5.97. The molecular weight excluding hydrogens is 418 g/mol. The van der Waals surface area contributed by atoms with Crippen molar-refractivity contribution in [1.82, 2.24) is 9.88 Å². The number of hydrogen-bond acceptors (Lipinski definition) is 3. The minimum absolute atomic E-state index is 0.0394. The Bertz CT molecular complexity index is 960. The van der Waals surface area contributed by atoms with Crippen LogP contribution >= 0.6 is 15.9 Å². The molecule has 4 rings (SSSR count). The van der Waals surface area contributed by atoms with Crippen LogP contribution in [0.2, 0.25) is 0 Å². The van der Waals surface area contributed by atoms with Crippen molar-refractivity contribution in [2.45, 2.75) is 18.8 Å². The van der Waals surface area contributed by atoms with Gasteiger partial charge in [0.05, 0.1) is 13.7 Å². The van der Waals surface area contributed by atoms with E-state index in [2.05, 4.69) is 49.5 Å². The highest BCUT2D eigenvalue weighted by atomic mass is 79.9. The Morgan fingerprint density at radius 1 is 1.21 bits per heavy atom. The molecule has 0 saturated carbocycles. The van der Waals surface area contributed by atoms with Crippen molar-refractivity contribution in [2.24, 2.45) is 0 Å². The molecule has 2 aromatic carbocycles. The standard InChI is InChI=1S/C22H24BrN3O2/c1-28-18-6-7-21-19(12-18)20(13-24-21)15-8-10-26(11-9-15)14-22(27)25-17-4-2-16(23)3-5-17/h2-7,12-13,15,24H,8-11,14H2,1H3,(H,25,27). The van der Waals surface area contributed by atoms with Gasteiger partial charge < -0.3 is 15.0 Å². The van der Waals surface area contributed by atoms with Crippen LogP contribution in [0.15, 0.2) is 53.1 Å². The third-order valence-electron chi connectivity index (χ3n) is 5.44. The van der Waals surface area contributed by atoms with E-state index in [1.165, 1.54) is 10.9 Å². The number of benzene rings is 2. The number of fused-ring (bicyclic) bond motifs is 1. The topological polar surface area (TPSA) is 57.4 Å². The lowest BCUT2D eigenvalue weighted by Gasteiger charge is -2.31. The molecular formula is C22H24BrN3O2. The summed E-state index contributed by atoms with van der Waals surface area (Å²) in [5.74, 6) is 1.43. The summed E-state index contributed by atoms with van der Waals surface area (Å²) in [6.45, 7) is 2.29. The fraction of sp³-hybridized carbons (Fsp3) is 0.318. The number of carbonyl (C=O) groups excluding carboxylic acids is 1. The number of likely N-dealkylation sites (tertiary alicyclic amines) is 1. The van der Waals surface area contributed by atoms with Crippen LogP contribution in [-0.2, 0) is 4.79 Å². The van der Waals surface area contributed by atoms with Gasteiger partial charge >= 0.3 is 0 Å². The summed E-state index contributed by atoms with van der Waals surface area (Å²) >= 11 is 3.41. The van der Waals surface area contributed by atoms with Gasteiger partial charge in [0.1, 0.15) is 5.75 Å². The third kappa shape index (κ3) is 4.23. The van der Waals surface area contributed by atoms with Crippen molar-refractivity contribution in [1.29, 1.82) is 0 Å². The number of nitrogens with one attached hydrogen (secondary N) is 2. The van der Waals surface area contributed by atoms with Gasteiger partial charge in [-0.3, -0.25) is 9.69 Å². The van der Waals surface area contributed by atoms with E-state index in [-0.39, 0.29) is 5.91 Å². The lowest BCUT2D eigenvalue weighted by atomic mass is 9.89. The summed E-state index contributed by atoms with van der Waals surface area (Å²) in [6, 6.07) is 13.8. The summed E-state index contributed by atoms with van der Waals surface area (Å²) < 4.78 is 6.38. The molecule has 2 N–H and O–H groups in total. The van der Waals surface area contributed by atoms with Crippen LogP contribution in [-0.4, -0.2) is 42.5 Å². The average Bonchev–Trinajstić information content (AvgIpc) is 3.13. The predicted octanol–water partition coefficient (Wildman–Crippen LogP) is 4.76. The highest BCUT2D eigenvalue weighted by Gasteiger charge is 2.24. The first-order chi connectivity index (χ1) is 13.6. The van der Waals surface area contributed by atoms with Crippen LogP contribution in [0, 0.1) is 0 Å². The van der Waals surface area contributed by atoms with E-state index in [1.54, 1.807) is 7.11 Å². The molecule has 1 saturated heterocycles. The molecule has 0 unspecified atom stereocenters. The maximum Gasteiger partial charge on any atom is 0.238 e. The van der Waals surface area contributed by atoms with Gasteiger partial charge in [-0.2, -0.15) is 0 Å². The Labute approximate surface area is 173 Å². The fourth-order valence-electron chi connectivity index (χ4n) is 3.92. The Hall–Kier alpha value is -2.31. The first-order valence-corrected chi connectivity index (χ1v) is 10.3. The number of hydrogen-bond donors (Lipinski definition) is 2. The van der Waals surface area contributed by atoms with Crippen LogP contribution in [0.25, 0.3) is 10.9 Å². The van der Waals surface area contributed by atoms with E-state index in [9.17, 15) is 4.79 Å². The monoisotopic (exact) mass is 441 g/mol. The van der Waals surface area contributed by atoms with Crippen molar-refractivity contribution in [3.8, 4) is 5.75 Å². The maximum absolute atomic E-state index is 12.3. The first-order valence-electron chi connectivity index (χ1n) is 9.55. The summed E-state index contributed by atoms with van der Waals surface area (Å²) in [6.07, 6.45) is 4.23. The number of aromatic nitrogens is 1. The Kier molecular flexibility index (Phi) is 5.69. The van der Waals surface area contributed by atoms with Crippen LogP contribution in [0.3, 0.4) is 0 Å². The number of amides is 1. The van der Waals surface area contributed by atoms with E-state index in [4.69, 9.17) is 4.74 Å². The summed E-state index contributed by atoms with van der Waals surface area (Å²) in [5, 5.41) is 4.21. The molecule has 0 bridgehead atoms. The molecule has 0 atom stereocenters. The molecule has 2 heterocycles. The number of halogens is 1. The maximum atomic E-state index is 12.3. The number of carbonyl (C=O) groups is 1. The molecule has 0 aliphatic carbocycles. The molecule has 0 spiro atoms. The van der Waals surface area contributed by atoms with Gasteiger partial charge in [0.2, 0.25) is 5.91 Å². The fourth-order valence-corrected chi connectivity index (χ4v) is 4.19. The van der Waals surface area contributed by atoms with E-state index >= 15 is 0 Å². The Morgan fingerprint density at radius 3 is 2.68 bits per heavy atom. The molecule has 146 valence electrons. The van der Waals surface area contributed by atoms with Gasteiger partial charge in [0.25, 0.3) is 0 Å². The second kappa shape index (κ2) is 8.37. The number of ether oxygens (including phenoxy) is 1. The number of rotatable bonds is 5. The molecule has 1 aliphatic rings. The zero-order chi connectivity index (χ0) is 19.5. The van der Waals surface area contributed by atoms with Gasteiger partial charge in [-0.1, -0.05) is 15.9 Å². The van der Waals surface area contributed by atoms with Gasteiger partial charge in [-0.15, -0.1) is 0 Å². The normalized spacial score (nSPS) is 15.6. The highest BCUT2D eigenvalue weighted by Crippen LogP contribution is 2.34. The minimum atomic E-state index is 0.0394. The number of methoxy groups -OCH3 is 1. The van der Waals surface area contributed by atoms with Crippen LogP contribution in [0.4, 0.5) is 5.69 Å². The molecule has 1 amide bonds. The number of piperidine rings is 1. The number of nitrogens with zero attached hydrogens (tertiary/aromatic N) is 1. The van der Waals surface area contributed by atoms with E-state index in [1.807, 2.05) is 30.3 Å². The van der Waals surface area contributed by atoms with Crippen molar-refractivity contribution in [2.75, 3.05) is 32.1 Å². The van der Waals surface area contributed by atoms with E-state index in [0.29, 0.717) is 12.5 Å². The van der Waals surface area contributed by atoms with E-state index < -0.39 is 0 Å². The lowest BCUT2D eigenvalue weighted by Crippen LogP contribution is -2.38. The molecule has 1 fully saturated rings. The number of H-pyrrole nitrogens is 1. The molecule has 0 radical (unpaired) electrons. The quantitative estimate of drug-likeness (QED) is 0.599. The predicted molar refractivity (Wildman–Crippen MR) is 116 cm³/mol. The molecule has 5 nitrogen and oxygen atoms in total. The lowest BCUT2D eigenvalue weighted by molar-refractivity contribution is -0.117. The molecule has 1 aliphatic heterocycles. The van der Waals surface area contributed by atoms with Gasteiger partial charge in [0, 0.05) is 27.3 Å². The number of anilines is 1. The zero-order valence-corrected chi connectivity index (χ0v) is 17.5. The summed E-state index contributed by atoms with van der Waals surface area (Å²) in [4.78, 5) is 17.9. The molecule has 1 aromatic heterocycles. The van der Waals surface area contributed by atoms with Crippen LogP contribution < -0.4 is 10.1 Å². The molecule has 28 heavy (non-hydrogen) atoms. The van der Waals surface area contributed by atoms with Crippen LogP contribution in [0.1, 0.15) is 24.3 Å². The smallest absolute Gasteiger partial charge is 0.238 e. The van der Waals surface area contributed by atoms with Crippen molar-refractivity contribution < 1.29 is 9.53 Å². The summed E-state index contributed by atoms with van der Waals surface area (Å²) in [7, 11) is 1.70. The molecule has 3 aromatic rings. The SMILES string of the molecule is COc1ccc2[nH]cc(C3CCN(CC(=O)Nc4ccc(Br)cc4)CC3)c2c1. The van der Waals surface area contributed by atoms with Crippen molar-refractivity contribution >= 4 is 38.4 Å². The highest BCUT2D eigenvalue weighted by molar-refractivity contribution is 9.10. The minimum Gasteiger partial charge on any atom is -0.497 e. The second-order valence-corrected chi connectivity index (χ2v) is 8.18. The van der Waals surface area contributed by atoms with Crippen LogP contribution in [0.5, 0.6) is 5.75 Å². The Balaban J connectivity index is 1.34. The van der Waals surface area contributed by atoms with Gasteiger partial charge in [-0.25, -0.2) is 0 Å². The number of aromatic amines is 1. The first kappa shape index (κ1) is 19.0. The van der Waals surface area contributed by atoms with Gasteiger partial charge in [0.15, 0.2) is 0 Å². The zero-order valence-electron chi connectivity index (χ0n) is 15.9. The van der Waals surface area contributed by atoms with Crippen molar-refractivity contribution in [3.05, 3.63) is 58.7 Å². The summed E-state index contributed by atoms with van der Waals surface area (Å²) in [5.41, 5.74) is 3.33. The Morgan fingerprint density at radius 2 is 1.96 bits per heavy atom. The largest absolute Gasteiger partial charge is 0.497 e. The second-order valence-electron chi connectivity index (χ2n) is 7.26. The van der Waals surface area contributed by atoms with Crippen molar-refractivity contribution in [3.63, 3.8) is 0 Å².